The van der Waals surface area contributed by atoms with Crippen molar-refractivity contribution < 1.29 is 13.9 Å². The first-order valence-electron chi connectivity index (χ1n) is 10.0. The Morgan fingerprint density at radius 1 is 1.34 bits per heavy atom. The lowest BCUT2D eigenvalue weighted by Gasteiger charge is -2.39. The predicted molar refractivity (Wildman–Crippen MR) is 121 cm³/mol. The fourth-order valence-corrected chi connectivity index (χ4v) is 4.01. The number of hydrogen-bond acceptors (Lipinski definition) is 5. The van der Waals surface area contributed by atoms with Gasteiger partial charge in [-0.2, -0.15) is 0 Å². The Hall–Kier alpha value is -1.58. The monoisotopic (exact) mass is 516 g/mol. The Labute approximate surface area is 188 Å². The molecule has 2 heterocycles. The maximum absolute atomic E-state index is 13.6. The lowest BCUT2D eigenvalue weighted by molar-refractivity contribution is 0.0137. The Balaban J connectivity index is 0.00000240. The number of piperazine rings is 1. The van der Waals surface area contributed by atoms with Gasteiger partial charge < -0.3 is 19.9 Å². The van der Waals surface area contributed by atoms with Crippen LogP contribution in [0.4, 0.5) is 9.18 Å². The summed E-state index contributed by atoms with van der Waals surface area (Å²) in [6.45, 7) is 9.07. The number of guanidine groups is 1. The van der Waals surface area contributed by atoms with Gasteiger partial charge >= 0.3 is 6.09 Å². The molecule has 1 aromatic carbocycles. The molecule has 1 unspecified atom stereocenters. The molecule has 1 saturated heterocycles. The molecule has 0 bridgehead atoms. The van der Waals surface area contributed by atoms with Crippen molar-refractivity contribution in [2.45, 2.75) is 50.7 Å². The van der Waals surface area contributed by atoms with Gasteiger partial charge in [-0.25, -0.2) is 9.18 Å². The Bertz CT molecular complexity index is 791. The molecule has 0 radical (unpaired) electrons. The fourth-order valence-electron chi connectivity index (χ4n) is 4.01. The second-order valence-electron chi connectivity index (χ2n) is 9.08. The largest absolute Gasteiger partial charge is 0.444 e. The van der Waals surface area contributed by atoms with Crippen LogP contribution in [-0.4, -0.2) is 66.2 Å². The van der Waals surface area contributed by atoms with Crippen molar-refractivity contribution in [1.82, 2.24) is 15.1 Å². The third-order valence-electron chi connectivity index (χ3n) is 5.73. The molecule has 3 aliphatic rings. The lowest BCUT2D eigenvalue weighted by Crippen LogP contribution is -2.58. The van der Waals surface area contributed by atoms with Crippen LogP contribution in [-0.2, 0) is 10.2 Å². The minimum absolute atomic E-state index is 0. The number of ether oxygens (including phenoxy) is 1. The molecular formula is C21H30FIN4O2. The molecule has 8 heteroatoms. The minimum atomic E-state index is -0.484. The van der Waals surface area contributed by atoms with Crippen molar-refractivity contribution >= 4 is 36.0 Å². The average molecular weight is 516 g/mol. The van der Waals surface area contributed by atoms with Crippen LogP contribution >= 0.6 is 24.0 Å². The van der Waals surface area contributed by atoms with E-state index in [0.29, 0.717) is 19.6 Å². The zero-order chi connectivity index (χ0) is 19.9. The number of amides is 1. The third kappa shape index (κ3) is 4.95. The van der Waals surface area contributed by atoms with E-state index in [1.54, 1.807) is 17.0 Å². The summed E-state index contributed by atoms with van der Waals surface area (Å²) in [6.07, 6.45) is 1.87. The first-order chi connectivity index (χ1) is 13.3. The number of benzene rings is 1. The van der Waals surface area contributed by atoms with E-state index < -0.39 is 5.60 Å². The van der Waals surface area contributed by atoms with Crippen LogP contribution in [0.5, 0.6) is 0 Å². The summed E-state index contributed by atoms with van der Waals surface area (Å²) in [5.41, 5.74) is 0.591. The third-order valence-corrected chi connectivity index (χ3v) is 5.73. The summed E-state index contributed by atoms with van der Waals surface area (Å²) in [5, 5.41) is 3.50. The van der Waals surface area contributed by atoms with Gasteiger partial charge in [-0.3, -0.25) is 4.99 Å². The number of carbonyl (C=O) groups excluding carboxylic acids is 1. The molecule has 160 valence electrons. The molecule has 0 aromatic heterocycles. The van der Waals surface area contributed by atoms with E-state index >= 15 is 0 Å². The molecule has 1 aliphatic carbocycles. The van der Waals surface area contributed by atoms with Crippen molar-refractivity contribution in [3.05, 3.63) is 35.6 Å². The predicted octanol–water partition coefficient (Wildman–Crippen LogP) is 3.36. The second kappa shape index (κ2) is 8.28. The summed E-state index contributed by atoms with van der Waals surface area (Å²) < 4.78 is 19.1. The standard InChI is InChI=1S/C21H29FN4O2.HI/c1-20(2,3)28-19(27)25-9-10-26-17(13-25)12-23-18(26)24-14-21(7-8-21)15-5-4-6-16(22)11-15;/h4-6,11,17H,7-10,12-14H2,1-3H3,(H,23,24);1H. The van der Waals surface area contributed by atoms with E-state index in [9.17, 15) is 9.18 Å². The molecular weight excluding hydrogens is 486 g/mol. The average Bonchev–Trinajstić information content (AvgIpc) is 3.32. The molecule has 0 spiro atoms. The van der Waals surface area contributed by atoms with Gasteiger partial charge in [0.25, 0.3) is 0 Å². The lowest BCUT2D eigenvalue weighted by atomic mass is 9.96. The van der Waals surface area contributed by atoms with Crippen LogP contribution in [0.2, 0.25) is 0 Å². The van der Waals surface area contributed by atoms with Crippen LogP contribution in [0, 0.1) is 5.82 Å². The highest BCUT2D eigenvalue weighted by molar-refractivity contribution is 14.0. The van der Waals surface area contributed by atoms with Gasteiger partial charge in [-0.1, -0.05) is 12.1 Å². The molecule has 1 N–H and O–H groups in total. The molecule has 2 aliphatic heterocycles. The minimum Gasteiger partial charge on any atom is -0.444 e. The first-order valence-corrected chi connectivity index (χ1v) is 10.0. The van der Waals surface area contributed by atoms with E-state index in [1.807, 2.05) is 26.8 Å². The Morgan fingerprint density at radius 3 is 2.76 bits per heavy atom. The highest BCUT2D eigenvalue weighted by Crippen LogP contribution is 2.47. The molecule has 4 rings (SSSR count). The van der Waals surface area contributed by atoms with Gasteiger partial charge in [-0.15, -0.1) is 24.0 Å². The first kappa shape index (κ1) is 22.1. The molecule has 29 heavy (non-hydrogen) atoms. The molecule has 1 atom stereocenters. The quantitative estimate of drug-likeness (QED) is 0.627. The van der Waals surface area contributed by atoms with Gasteiger partial charge in [0.2, 0.25) is 0 Å². The zero-order valence-corrected chi connectivity index (χ0v) is 19.6. The number of aliphatic imine (C=N–C) groups is 1. The summed E-state index contributed by atoms with van der Waals surface area (Å²) >= 11 is 0. The van der Waals surface area contributed by atoms with E-state index in [4.69, 9.17) is 4.74 Å². The normalized spacial score (nSPS) is 22.3. The molecule has 1 aromatic rings. The van der Waals surface area contributed by atoms with Crippen LogP contribution in [0.15, 0.2) is 29.3 Å². The molecule has 1 amide bonds. The van der Waals surface area contributed by atoms with Crippen LogP contribution < -0.4 is 5.32 Å². The Morgan fingerprint density at radius 2 is 2.10 bits per heavy atom. The number of nitrogens with zero attached hydrogens (tertiary/aromatic N) is 3. The highest BCUT2D eigenvalue weighted by atomic mass is 127. The van der Waals surface area contributed by atoms with Gasteiger partial charge in [0.1, 0.15) is 11.4 Å². The maximum Gasteiger partial charge on any atom is 0.410 e. The summed E-state index contributed by atoms with van der Waals surface area (Å²) in [5.74, 6) is 0.719. The van der Waals surface area contributed by atoms with E-state index in [0.717, 1.165) is 37.5 Å². The van der Waals surface area contributed by atoms with Gasteiger partial charge in [-0.05, 0) is 51.3 Å². The van der Waals surface area contributed by atoms with E-state index in [-0.39, 0.29) is 47.3 Å². The van der Waals surface area contributed by atoms with Crippen LogP contribution in [0.1, 0.15) is 39.2 Å². The zero-order valence-electron chi connectivity index (χ0n) is 17.3. The topological polar surface area (TPSA) is 57.2 Å². The van der Waals surface area contributed by atoms with Crippen molar-refractivity contribution in [3.63, 3.8) is 0 Å². The second-order valence-corrected chi connectivity index (χ2v) is 9.08. The number of carbonyl (C=O) groups is 1. The van der Waals surface area contributed by atoms with Gasteiger partial charge in [0.15, 0.2) is 5.96 Å². The number of hydrogen-bond donors (Lipinski definition) is 1. The maximum atomic E-state index is 13.6. The highest BCUT2D eigenvalue weighted by Gasteiger charge is 2.45. The van der Waals surface area contributed by atoms with Gasteiger partial charge in [0.05, 0.1) is 12.6 Å². The SMILES string of the molecule is CC(C)(C)OC(=O)N1CCN2C(NCC3(c4cccc(F)c4)CC3)=NCC2C1.I. The number of fused-ring (bicyclic) bond motifs is 1. The summed E-state index contributed by atoms with van der Waals surface area (Å²) in [7, 11) is 0. The molecule has 6 nitrogen and oxygen atoms in total. The smallest absolute Gasteiger partial charge is 0.410 e. The van der Waals surface area contributed by atoms with Crippen molar-refractivity contribution in [2.24, 2.45) is 4.99 Å². The van der Waals surface area contributed by atoms with Gasteiger partial charge in [0, 0.05) is 31.6 Å². The summed E-state index contributed by atoms with van der Waals surface area (Å²) in [4.78, 5) is 21.0. The fraction of sp³-hybridized carbons (Fsp3) is 0.619. The number of rotatable bonds is 3. The summed E-state index contributed by atoms with van der Waals surface area (Å²) in [6, 6.07) is 7.12. The van der Waals surface area contributed by atoms with Crippen molar-refractivity contribution in [3.8, 4) is 0 Å². The van der Waals surface area contributed by atoms with Crippen molar-refractivity contribution in [1.29, 1.82) is 0 Å². The van der Waals surface area contributed by atoms with Crippen LogP contribution in [0.25, 0.3) is 0 Å². The Kier molecular flexibility index (Phi) is 6.31. The number of nitrogens with one attached hydrogen (secondary N) is 1. The molecule has 1 saturated carbocycles. The van der Waals surface area contributed by atoms with Crippen molar-refractivity contribution in [2.75, 3.05) is 32.7 Å². The van der Waals surface area contributed by atoms with E-state index in [2.05, 4.69) is 15.2 Å². The number of halogens is 2. The van der Waals surface area contributed by atoms with E-state index in [1.165, 1.54) is 6.07 Å². The van der Waals surface area contributed by atoms with Crippen LogP contribution in [0.3, 0.4) is 0 Å². The molecule has 2 fully saturated rings.